The van der Waals surface area contributed by atoms with Crippen molar-refractivity contribution >= 4 is 28.9 Å². The molecule has 1 fully saturated rings. The van der Waals surface area contributed by atoms with Gasteiger partial charge in [-0.1, -0.05) is 11.6 Å². The van der Waals surface area contributed by atoms with E-state index in [0.29, 0.717) is 5.56 Å². The predicted molar refractivity (Wildman–Crippen MR) is 107 cm³/mol. The summed E-state index contributed by atoms with van der Waals surface area (Å²) in [7, 11) is 0. The van der Waals surface area contributed by atoms with Crippen LogP contribution in [0.15, 0.2) is 18.2 Å². The lowest BCUT2D eigenvalue weighted by Gasteiger charge is -2.39. The number of carbonyl (C=O) groups is 1. The number of anilines is 2. The number of nitrogens with zero attached hydrogens (tertiary/aromatic N) is 1. The second kappa shape index (κ2) is 8.20. The van der Waals surface area contributed by atoms with Crippen LogP contribution in [0.4, 0.5) is 28.9 Å². The summed E-state index contributed by atoms with van der Waals surface area (Å²) in [5.74, 6) is -4.09. The number of carbonyl (C=O) groups excluding carboxylic acids is 1. The van der Waals surface area contributed by atoms with E-state index < -0.39 is 34.8 Å². The first kappa shape index (κ1) is 21.7. The Morgan fingerprint density at radius 2 is 1.77 bits per heavy atom. The molecule has 0 bridgehead atoms. The van der Waals surface area contributed by atoms with Crippen molar-refractivity contribution in [3.63, 3.8) is 0 Å². The van der Waals surface area contributed by atoms with Crippen molar-refractivity contribution in [2.24, 2.45) is 0 Å². The van der Waals surface area contributed by atoms with Crippen LogP contribution in [0.5, 0.6) is 5.75 Å². The SMILES string of the molecule is O=C1CCc2c(OCC3(O)CCN(c4cc(F)c(Cl)cc4F)CC3)cc(F)c(F)c2N1. The van der Waals surface area contributed by atoms with E-state index in [-0.39, 0.29) is 67.5 Å². The molecule has 0 unspecified atom stereocenters. The number of fused-ring (bicyclic) bond motifs is 1. The molecule has 0 atom stereocenters. The number of benzene rings is 2. The fraction of sp³-hybridized carbons (Fsp3) is 0.381. The molecule has 0 saturated carbocycles. The minimum Gasteiger partial charge on any atom is -0.490 e. The summed E-state index contributed by atoms with van der Waals surface area (Å²) in [6.07, 6.45) is 0.650. The van der Waals surface area contributed by atoms with Gasteiger partial charge in [0.15, 0.2) is 11.6 Å². The van der Waals surface area contributed by atoms with Gasteiger partial charge >= 0.3 is 0 Å². The Balaban J connectivity index is 1.45. The van der Waals surface area contributed by atoms with Gasteiger partial charge in [0.25, 0.3) is 0 Å². The van der Waals surface area contributed by atoms with Crippen molar-refractivity contribution < 1.29 is 32.2 Å². The molecular formula is C21H19ClF4N2O3. The first-order chi connectivity index (χ1) is 14.7. The third-order valence-corrected chi connectivity index (χ3v) is 5.96. The van der Waals surface area contributed by atoms with Crippen LogP contribution in [-0.2, 0) is 11.2 Å². The van der Waals surface area contributed by atoms with E-state index in [1.807, 2.05) is 0 Å². The fourth-order valence-corrected chi connectivity index (χ4v) is 4.01. The molecule has 10 heteroatoms. The minimum atomic E-state index is -1.30. The van der Waals surface area contributed by atoms with E-state index >= 15 is 0 Å². The number of aliphatic hydroxyl groups is 1. The van der Waals surface area contributed by atoms with Crippen molar-refractivity contribution in [1.29, 1.82) is 0 Å². The standard InChI is InChI=1S/C21H19ClF4N2O3/c22-12-7-14(24)16(8-13(12)23)28-5-3-21(30,4-6-28)10-31-17-9-15(25)19(26)20-11(17)1-2-18(29)27-20/h7-9,30H,1-6,10H2,(H,27,29). The van der Waals surface area contributed by atoms with Crippen molar-refractivity contribution in [1.82, 2.24) is 0 Å². The summed E-state index contributed by atoms with van der Waals surface area (Å²) in [6, 6.07) is 2.82. The molecule has 0 aromatic heterocycles. The van der Waals surface area contributed by atoms with Crippen LogP contribution >= 0.6 is 11.6 Å². The zero-order valence-corrected chi connectivity index (χ0v) is 17.0. The Morgan fingerprint density at radius 1 is 1.06 bits per heavy atom. The summed E-state index contributed by atoms with van der Waals surface area (Å²) >= 11 is 5.59. The molecule has 5 nitrogen and oxygen atoms in total. The number of ether oxygens (including phenoxy) is 1. The summed E-state index contributed by atoms with van der Waals surface area (Å²) in [5.41, 5.74) is -1.16. The molecule has 0 radical (unpaired) electrons. The summed E-state index contributed by atoms with van der Waals surface area (Å²) in [5, 5.41) is 12.9. The van der Waals surface area contributed by atoms with Gasteiger partial charge in [0, 0.05) is 37.2 Å². The van der Waals surface area contributed by atoms with Crippen molar-refractivity contribution in [3.05, 3.63) is 52.1 Å². The number of nitrogens with one attached hydrogen (secondary N) is 1. The number of amides is 1. The van der Waals surface area contributed by atoms with Gasteiger partial charge in [-0.25, -0.2) is 17.6 Å². The van der Waals surface area contributed by atoms with E-state index in [9.17, 15) is 27.5 Å². The highest BCUT2D eigenvalue weighted by Crippen LogP contribution is 2.37. The molecule has 2 aliphatic rings. The average molecular weight is 459 g/mol. The summed E-state index contributed by atoms with van der Waals surface area (Å²) in [6.45, 7) is 0.247. The first-order valence-electron chi connectivity index (χ1n) is 9.72. The number of piperidine rings is 1. The van der Waals surface area contributed by atoms with E-state index in [2.05, 4.69) is 5.32 Å². The molecule has 166 valence electrons. The Morgan fingerprint density at radius 3 is 2.48 bits per heavy atom. The van der Waals surface area contributed by atoms with E-state index in [0.717, 1.165) is 18.2 Å². The molecule has 2 heterocycles. The zero-order chi connectivity index (χ0) is 22.3. The molecular weight excluding hydrogens is 440 g/mol. The second-order valence-electron chi connectivity index (χ2n) is 7.79. The number of halogens is 5. The smallest absolute Gasteiger partial charge is 0.224 e. The van der Waals surface area contributed by atoms with Crippen LogP contribution < -0.4 is 15.0 Å². The Bertz CT molecular complexity index is 1040. The molecule has 1 amide bonds. The van der Waals surface area contributed by atoms with Crippen molar-refractivity contribution in [2.45, 2.75) is 31.3 Å². The fourth-order valence-electron chi connectivity index (χ4n) is 3.86. The van der Waals surface area contributed by atoms with Crippen molar-refractivity contribution in [2.75, 3.05) is 29.9 Å². The normalized spacial score (nSPS) is 17.9. The molecule has 0 aliphatic carbocycles. The average Bonchev–Trinajstić information content (AvgIpc) is 2.73. The van der Waals surface area contributed by atoms with Gasteiger partial charge in [-0.2, -0.15) is 0 Å². The molecule has 1 saturated heterocycles. The number of hydrogen-bond acceptors (Lipinski definition) is 4. The van der Waals surface area contributed by atoms with Crippen LogP contribution in [0.25, 0.3) is 0 Å². The van der Waals surface area contributed by atoms with Gasteiger partial charge < -0.3 is 20.1 Å². The lowest BCUT2D eigenvalue weighted by Crippen LogP contribution is -2.48. The van der Waals surface area contributed by atoms with Gasteiger partial charge in [0.2, 0.25) is 5.91 Å². The van der Waals surface area contributed by atoms with Gasteiger partial charge in [0.1, 0.15) is 29.6 Å². The van der Waals surface area contributed by atoms with Crippen molar-refractivity contribution in [3.8, 4) is 5.75 Å². The first-order valence-corrected chi connectivity index (χ1v) is 10.1. The van der Waals surface area contributed by atoms with Crippen LogP contribution in [0, 0.1) is 23.3 Å². The van der Waals surface area contributed by atoms with Crippen LogP contribution in [0.2, 0.25) is 5.02 Å². The van der Waals surface area contributed by atoms with Crippen LogP contribution in [-0.4, -0.2) is 36.3 Å². The Kier molecular flexibility index (Phi) is 5.74. The maximum Gasteiger partial charge on any atom is 0.224 e. The van der Waals surface area contributed by atoms with Gasteiger partial charge in [-0.3, -0.25) is 4.79 Å². The van der Waals surface area contributed by atoms with Crippen LogP contribution in [0.1, 0.15) is 24.8 Å². The lowest BCUT2D eigenvalue weighted by molar-refractivity contribution is -0.116. The molecule has 2 aromatic rings. The topological polar surface area (TPSA) is 61.8 Å². The maximum atomic E-state index is 14.2. The number of rotatable bonds is 4. The summed E-state index contributed by atoms with van der Waals surface area (Å²) < 4.78 is 61.5. The molecule has 0 spiro atoms. The van der Waals surface area contributed by atoms with E-state index in [4.69, 9.17) is 16.3 Å². The Hall–Kier alpha value is -2.52. The minimum absolute atomic E-state index is 0.0512. The maximum absolute atomic E-state index is 14.2. The Labute approximate surface area is 180 Å². The largest absolute Gasteiger partial charge is 0.490 e. The summed E-state index contributed by atoms with van der Waals surface area (Å²) in [4.78, 5) is 13.1. The molecule has 2 aliphatic heterocycles. The molecule has 31 heavy (non-hydrogen) atoms. The third kappa shape index (κ3) is 4.29. The number of hydrogen-bond donors (Lipinski definition) is 2. The van der Waals surface area contributed by atoms with Gasteiger partial charge in [-0.15, -0.1) is 0 Å². The molecule has 2 N–H and O–H groups in total. The zero-order valence-electron chi connectivity index (χ0n) is 16.3. The van der Waals surface area contributed by atoms with Gasteiger partial charge in [0.05, 0.1) is 16.4 Å². The quantitative estimate of drug-likeness (QED) is 0.533. The monoisotopic (exact) mass is 458 g/mol. The predicted octanol–water partition coefficient (Wildman–Crippen LogP) is 4.19. The van der Waals surface area contributed by atoms with E-state index in [1.54, 1.807) is 4.90 Å². The van der Waals surface area contributed by atoms with E-state index in [1.165, 1.54) is 0 Å². The second-order valence-corrected chi connectivity index (χ2v) is 8.20. The lowest BCUT2D eigenvalue weighted by atomic mass is 9.92. The molecule has 4 rings (SSSR count). The highest BCUT2D eigenvalue weighted by atomic mass is 35.5. The van der Waals surface area contributed by atoms with Crippen LogP contribution in [0.3, 0.4) is 0 Å². The third-order valence-electron chi connectivity index (χ3n) is 5.67. The highest BCUT2D eigenvalue weighted by Gasteiger charge is 2.35. The van der Waals surface area contributed by atoms with Gasteiger partial charge in [-0.05, 0) is 25.3 Å². The molecule has 2 aromatic carbocycles. The highest BCUT2D eigenvalue weighted by molar-refractivity contribution is 6.30.